The zero-order chi connectivity index (χ0) is 18.8. The number of nitrogens with zero attached hydrogens (tertiary/aromatic N) is 1. The summed E-state index contributed by atoms with van der Waals surface area (Å²) >= 11 is 6.03. The highest BCUT2D eigenvalue weighted by molar-refractivity contribution is 7.90. The number of hydrogen-bond donors (Lipinski definition) is 1. The Morgan fingerprint density at radius 1 is 1.24 bits per heavy atom. The van der Waals surface area contributed by atoms with E-state index in [2.05, 4.69) is 0 Å². The molecule has 0 saturated carbocycles. The van der Waals surface area contributed by atoms with Crippen LogP contribution in [-0.2, 0) is 16.4 Å². The van der Waals surface area contributed by atoms with Crippen LogP contribution in [0.25, 0.3) is 0 Å². The average Bonchev–Trinajstić information content (AvgIpc) is 2.52. The zero-order valence-electron chi connectivity index (χ0n) is 12.8. The number of carboxylic acids is 1. The fourth-order valence-electron chi connectivity index (χ4n) is 2.07. The Bertz CT molecular complexity index is 939. The lowest BCUT2D eigenvalue weighted by molar-refractivity contribution is -0.384. The number of halogens is 1. The third-order valence-electron chi connectivity index (χ3n) is 3.26. The Balaban J connectivity index is 2.38. The Morgan fingerprint density at radius 3 is 2.32 bits per heavy atom. The van der Waals surface area contributed by atoms with Crippen LogP contribution >= 0.6 is 11.6 Å². The third kappa shape index (κ3) is 4.25. The molecule has 0 unspecified atom stereocenters. The molecule has 0 aliphatic carbocycles. The number of sulfone groups is 1. The van der Waals surface area contributed by atoms with E-state index in [0.29, 0.717) is 0 Å². The van der Waals surface area contributed by atoms with Crippen molar-refractivity contribution in [3.8, 4) is 5.75 Å². The van der Waals surface area contributed by atoms with Crippen molar-refractivity contribution in [3.05, 3.63) is 62.7 Å². The maximum atomic E-state index is 11.9. The average molecular weight is 386 g/mol. The summed E-state index contributed by atoms with van der Waals surface area (Å²) < 4.78 is 29.2. The van der Waals surface area contributed by atoms with Crippen LogP contribution in [0.3, 0.4) is 0 Å². The van der Waals surface area contributed by atoms with E-state index < -0.39 is 20.7 Å². The summed E-state index contributed by atoms with van der Waals surface area (Å²) in [4.78, 5) is 21.1. The summed E-state index contributed by atoms with van der Waals surface area (Å²) in [5, 5.41) is 19.5. The highest BCUT2D eigenvalue weighted by Gasteiger charge is 2.22. The first kappa shape index (κ1) is 18.7. The Labute approximate surface area is 147 Å². The van der Waals surface area contributed by atoms with Gasteiger partial charge in [-0.2, -0.15) is 0 Å². The fourth-order valence-corrected chi connectivity index (χ4v) is 3.35. The lowest BCUT2D eigenvalue weighted by Crippen LogP contribution is -2.10. The second-order valence-electron chi connectivity index (χ2n) is 5.02. The summed E-state index contributed by atoms with van der Waals surface area (Å²) in [5.41, 5.74) is -0.381. The summed E-state index contributed by atoms with van der Waals surface area (Å²) in [6, 6.07) is 7.39. The van der Waals surface area contributed by atoms with Crippen LogP contribution in [0.2, 0.25) is 5.02 Å². The summed E-state index contributed by atoms with van der Waals surface area (Å²) in [7, 11) is -3.67. The van der Waals surface area contributed by atoms with Gasteiger partial charge in [-0.15, -0.1) is 0 Å². The molecule has 2 rings (SSSR count). The van der Waals surface area contributed by atoms with Crippen LogP contribution < -0.4 is 4.74 Å². The number of nitro groups is 1. The van der Waals surface area contributed by atoms with Crippen LogP contribution in [0.1, 0.15) is 15.9 Å². The largest absolute Gasteiger partial charge is 0.489 e. The van der Waals surface area contributed by atoms with E-state index in [1.54, 1.807) is 0 Å². The van der Waals surface area contributed by atoms with Gasteiger partial charge in [0.25, 0.3) is 5.69 Å². The van der Waals surface area contributed by atoms with Gasteiger partial charge >= 0.3 is 5.97 Å². The smallest absolute Gasteiger partial charge is 0.337 e. The Morgan fingerprint density at radius 2 is 1.84 bits per heavy atom. The first-order valence-corrected chi connectivity index (χ1v) is 9.00. The van der Waals surface area contributed by atoms with Crippen LogP contribution in [0.15, 0.2) is 41.3 Å². The first-order valence-electron chi connectivity index (χ1n) is 6.73. The minimum atomic E-state index is -3.67. The molecule has 0 aliphatic heterocycles. The molecule has 0 aliphatic rings. The summed E-state index contributed by atoms with van der Waals surface area (Å²) in [6.45, 7) is -0.319. The molecule has 132 valence electrons. The normalized spacial score (nSPS) is 11.1. The number of carboxylic acid groups (broad SMARTS) is 1. The van der Waals surface area contributed by atoms with Gasteiger partial charge in [0.15, 0.2) is 9.84 Å². The summed E-state index contributed by atoms with van der Waals surface area (Å²) in [5.74, 6) is -1.07. The molecule has 0 amide bonds. The highest BCUT2D eigenvalue weighted by atomic mass is 35.5. The topological polar surface area (TPSA) is 124 Å². The minimum Gasteiger partial charge on any atom is -0.489 e. The second-order valence-corrected chi connectivity index (χ2v) is 7.38. The van der Waals surface area contributed by atoms with Gasteiger partial charge < -0.3 is 9.84 Å². The molecule has 0 bridgehead atoms. The van der Waals surface area contributed by atoms with Crippen molar-refractivity contribution in [3.63, 3.8) is 0 Å². The number of nitro benzene ring substituents is 1. The van der Waals surface area contributed by atoms with E-state index in [1.807, 2.05) is 0 Å². The predicted molar refractivity (Wildman–Crippen MR) is 88.9 cm³/mol. The number of benzene rings is 2. The highest BCUT2D eigenvalue weighted by Crippen LogP contribution is 2.29. The molecule has 0 aromatic heterocycles. The van der Waals surface area contributed by atoms with Gasteiger partial charge in [-0.1, -0.05) is 11.6 Å². The molecular formula is C15H12ClNO7S. The minimum absolute atomic E-state index is 0.00224. The van der Waals surface area contributed by atoms with Gasteiger partial charge in [0.05, 0.1) is 20.4 Å². The molecule has 0 heterocycles. The quantitative estimate of drug-likeness (QED) is 0.598. The molecule has 0 saturated heterocycles. The van der Waals surface area contributed by atoms with Crippen LogP contribution in [0.4, 0.5) is 5.69 Å². The van der Waals surface area contributed by atoms with Crippen molar-refractivity contribution in [1.82, 2.24) is 0 Å². The van der Waals surface area contributed by atoms with Crippen molar-refractivity contribution in [2.24, 2.45) is 0 Å². The van der Waals surface area contributed by atoms with Crippen LogP contribution in [0, 0.1) is 10.1 Å². The Kier molecular flexibility index (Phi) is 5.29. The van der Waals surface area contributed by atoms with E-state index in [1.165, 1.54) is 24.3 Å². The molecule has 25 heavy (non-hydrogen) atoms. The maximum absolute atomic E-state index is 11.9. The SMILES string of the molecule is CS(=O)(=O)c1ccc(C(=O)O)c(Cl)c1COc1ccc([N+](=O)[O-])cc1. The van der Waals surface area contributed by atoms with Gasteiger partial charge in [-0.05, 0) is 24.3 Å². The van der Waals surface area contributed by atoms with E-state index >= 15 is 0 Å². The molecule has 0 fully saturated rings. The molecule has 1 N–H and O–H groups in total. The number of non-ortho nitro benzene ring substituents is 1. The van der Waals surface area contributed by atoms with E-state index in [9.17, 15) is 23.3 Å². The number of rotatable bonds is 6. The first-order chi connectivity index (χ1) is 11.6. The lowest BCUT2D eigenvalue weighted by atomic mass is 10.1. The Hall–Kier alpha value is -2.65. The molecule has 0 spiro atoms. The lowest BCUT2D eigenvalue weighted by Gasteiger charge is -2.13. The van der Waals surface area contributed by atoms with E-state index in [-0.39, 0.29) is 39.1 Å². The monoisotopic (exact) mass is 385 g/mol. The molecule has 8 nitrogen and oxygen atoms in total. The van der Waals surface area contributed by atoms with Crippen molar-refractivity contribution in [2.45, 2.75) is 11.5 Å². The molecule has 2 aromatic rings. The maximum Gasteiger partial charge on any atom is 0.337 e. The van der Waals surface area contributed by atoms with Gasteiger partial charge in [0.2, 0.25) is 0 Å². The van der Waals surface area contributed by atoms with E-state index in [0.717, 1.165) is 18.4 Å². The van der Waals surface area contributed by atoms with Gasteiger partial charge in [0, 0.05) is 24.0 Å². The number of hydrogen-bond acceptors (Lipinski definition) is 6. The molecular weight excluding hydrogens is 374 g/mol. The van der Waals surface area contributed by atoms with Gasteiger partial charge in [-0.3, -0.25) is 10.1 Å². The summed E-state index contributed by atoms with van der Waals surface area (Å²) in [6.07, 6.45) is 0.967. The van der Waals surface area contributed by atoms with Crippen molar-refractivity contribution in [2.75, 3.05) is 6.26 Å². The zero-order valence-corrected chi connectivity index (χ0v) is 14.4. The van der Waals surface area contributed by atoms with Crippen LogP contribution in [-0.4, -0.2) is 30.7 Å². The van der Waals surface area contributed by atoms with Gasteiger partial charge in [0.1, 0.15) is 12.4 Å². The number of ether oxygens (including phenoxy) is 1. The molecule has 10 heteroatoms. The van der Waals surface area contributed by atoms with Crippen LogP contribution in [0.5, 0.6) is 5.75 Å². The second kappa shape index (κ2) is 7.08. The predicted octanol–water partition coefficient (Wildman–Crippen LogP) is 2.93. The van der Waals surface area contributed by atoms with Gasteiger partial charge in [-0.25, -0.2) is 13.2 Å². The third-order valence-corrected chi connectivity index (χ3v) is 4.87. The van der Waals surface area contributed by atoms with E-state index in [4.69, 9.17) is 21.4 Å². The van der Waals surface area contributed by atoms with Crippen molar-refractivity contribution < 1.29 is 28.0 Å². The fraction of sp³-hybridized carbons (Fsp3) is 0.133. The standard InChI is InChI=1S/C15H12ClNO7S/c1-25(22,23)13-7-6-11(15(18)19)14(16)12(13)8-24-10-4-2-9(3-5-10)17(20)21/h2-7H,8H2,1H3,(H,18,19). The molecule has 0 atom stereocenters. The molecule has 2 aromatic carbocycles. The number of aromatic carboxylic acids is 1. The van der Waals surface area contributed by atoms with Crippen molar-refractivity contribution in [1.29, 1.82) is 0 Å². The molecule has 0 radical (unpaired) electrons. The number of carbonyl (C=O) groups is 1. The van der Waals surface area contributed by atoms with Crippen molar-refractivity contribution >= 4 is 33.1 Å².